The maximum atomic E-state index is 14.4. The lowest BCUT2D eigenvalue weighted by Crippen LogP contribution is -2.44. The van der Waals surface area contributed by atoms with Crippen molar-refractivity contribution >= 4 is 24.0 Å². The van der Waals surface area contributed by atoms with Gasteiger partial charge in [0.1, 0.15) is 25.6 Å². The second-order valence-electron chi connectivity index (χ2n) is 13.0. The number of carbonyl (C=O) groups is 4. The van der Waals surface area contributed by atoms with E-state index in [1.165, 1.54) is 9.80 Å². The van der Waals surface area contributed by atoms with E-state index in [1.807, 2.05) is 115 Å². The van der Waals surface area contributed by atoms with E-state index in [0.29, 0.717) is 25.2 Å². The van der Waals surface area contributed by atoms with Gasteiger partial charge in [0, 0.05) is 0 Å². The summed E-state index contributed by atoms with van der Waals surface area (Å²) in [4.78, 5) is 56.7. The molecule has 0 aliphatic carbocycles. The molecule has 0 unspecified atom stereocenters. The van der Waals surface area contributed by atoms with Crippen LogP contribution < -0.4 is 4.74 Å². The van der Waals surface area contributed by atoms with E-state index in [-0.39, 0.29) is 26.1 Å². The molecule has 52 heavy (non-hydrogen) atoms. The molecule has 0 aromatic heterocycles. The Balaban J connectivity index is 1.24. The Labute approximate surface area is 304 Å². The quantitative estimate of drug-likeness (QED) is 0.120. The molecule has 0 radical (unpaired) electrons. The van der Waals surface area contributed by atoms with Crippen LogP contribution in [0.25, 0.3) is 0 Å². The van der Waals surface area contributed by atoms with Crippen molar-refractivity contribution in [2.24, 2.45) is 11.8 Å². The Morgan fingerprint density at radius 1 is 0.654 bits per heavy atom. The molecular weight excluding hydrogens is 656 g/mol. The van der Waals surface area contributed by atoms with E-state index in [9.17, 15) is 19.2 Å². The van der Waals surface area contributed by atoms with E-state index in [0.717, 1.165) is 22.3 Å². The van der Waals surface area contributed by atoms with Gasteiger partial charge >= 0.3 is 12.2 Å². The van der Waals surface area contributed by atoms with Crippen molar-refractivity contribution in [2.45, 2.75) is 44.4 Å². The minimum atomic E-state index is -0.828. The molecule has 0 bridgehead atoms. The first-order valence-corrected chi connectivity index (χ1v) is 17.5. The fourth-order valence-corrected chi connectivity index (χ4v) is 6.55. The van der Waals surface area contributed by atoms with Gasteiger partial charge in [-0.3, -0.25) is 9.59 Å². The average molecular weight is 699 g/mol. The highest BCUT2D eigenvalue weighted by atomic mass is 16.6. The topological polar surface area (TPSA) is 102 Å². The van der Waals surface area contributed by atoms with Crippen molar-refractivity contribution in [2.75, 3.05) is 13.2 Å². The van der Waals surface area contributed by atoms with E-state index in [1.54, 1.807) is 18.2 Å². The highest BCUT2D eigenvalue weighted by Crippen LogP contribution is 2.27. The normalized spacial score (nSPS) is 18.2. The number of rotatable bonds is 15. The van der Waals surface area contributed by atoms with Crippen molar-refractivity contribution in [1.82, 2.24) is 9.80 Å². The zero-order chi connectivity index (χ0) is 36.3. The van der Waals surface area contributed by atoms with Gasteiger partial charge in [-0.1, -0.05) is 121 Å². The third-order valence-electron chi connectivity index (χ3n) is 9.28. The molecule has 0 saturated carbocycles. The van der Waals surface area contributed by atoms with E-state index < -0.39 is 47.9 Å². The molecule has 0 spiro atoms. The molecule has 2 saturated heterocycles. The first-order valence-electron chi connectivity index (χ1n) is 17.5. The summed E-state index contributed by atoms with van der Waals surface area (Å²) in [7, 11) is 0. The number of amides is 4. The van der Waals surface area contributed by atoms with Gasteiger partial charge in [-0.15, -0.1) is 6.58 Å². The first kappa shape index (κ1) is 35.9. The lowest BCUT2D eigenvalue weighted by molar-refractivity contribution is -0.133. The summed E-state index contributed by atoms with van der Waals surface area (Å²) in [6, 6.07) is 35.6. The maximum absolute atomic E-state index is 14.4. The van der Waals surface area contributed by atoms with Crippen molar-refractivity contribution in [3.8, 4) is 5.75 Å². The second kappa shape index (κ2) is 17.3. The minimum Gasteiger partial charge on any atom is -0.489 e. The minimum absolute atomic E-state index is 0.0841. The molecular formula is C43H42N2O7. The Hall–Kier alpha value is -5.96. The maximum Gasteiger partial charge on any atom is 0.417 e. The van der Waals surface area contributed by atoms with Gasteiger partial charge in [-0.25, -0.2) is 19.4 Å². The number of carbonyl (C=O) groups excluding carboxylic acids is 4. The predicted octanol–water partition coefficient (Wildman–Crippen LogP) is 7.35. The number of allylic oxidation sites excluding steroid dienone is 1. The molecule has 6 rings (SSSR count). The number of ether oxygens (including phenoxy) is 3. The Kier molecular flexibility index (Phi) is 11.9. The molecule has 2 fully saturated rings. The van der Waals surface area contributed by atoms with Gasteiger partial charge in [-0.05, 0) is 60.1 Å². The van der Waals surface area contributed by atoms with Gasteiger partial charge in [0.25, 0.3) is 0 Å². The zero-order valence-corrected chi connectivity index (χ0v) is 28.9. The molecule has 2 heterocycles. The number of hydrogen-bond donors (Lipinski definition) is 0. The molecule has 9 heteroatoms. The number of benzene rings is 4. The molecule has 2 aliphatic heterocycles. The molecule has 266 valence electrons. The smallest absolute Gasteiger partial charge is 0.417 e. The standard InChI is InChI=1S/C43H42N2O7/c1-2-12-35(40(46)44-37(29-51-42(44)48)26-31-13-6-3-7-14-31)21-22-36(25-33-19-23-39(24-20-33)50-28-34-17-10-5-11-18-34)41(47)45-38(30-52-43(45)49)27-32-15-8-4-9-16-32/h2-11,13-24,35-38H,1,12,25-30H2/b22-21+/t35-,36+,37-,38-/m0/s1. The van der Waals surface area contributed by atoms with Crippen molar-refractivity contribution in [3.63, 3.8) is 0 Å². The predicted molar refractivity (Wildman–Crippen MR) is 196 cm³/mol. The van der Waals surface area contributed by atoms with Gasteiger partial charge in [0.2, 0.25) is 11.8 Å². The van der Waals surface area contributed by atoms with Crippen LogP contribution in [0.1, 0.15) is 28.7 Å². The number of hydrogen-bond acceptors (Lipinski definition) is 7. The summed E-state index contributed by atoms with van der Waals surface area (Å²) >= 11 is 0. The average Bonchev–Trinajstić information content (AvgIpc) is 3.73. The van der Waals surface area contributed by atoms with Crippen LogP contribution in [0.3, 0.4) is 0 Å². The molecule has 0 N–H and O–H groups in total. The Bertz CT molecular complexity index is 1860. The summed E-state index contributed by atoms with van der Waals surface area (Å²) in [5.41, 5.74) is 3.83. The Morgan fingerprint density at radius 2 is 1.12 bits per heavy atom. The highest BCUT2D eigenvalue weighted by molar-refractivity contribution is 5.97. The third kappa shape index (κ3) is 9.03. The van der Waals surface area contributed by atoms with Gasteiger partial charge < -0.3 is 14.2 Å². The second-order valence-corrected chi connectivity index (χ2v) is 13.0. The number of cyclic esters (lactones) is 2. The zero-order valence-electron chi connectivity index (χ0n) is 28.9. The van der Waals surface area contributed by atoms with Gasteiger partial charge in [0.05, 0.1) is 23.9 Å². The molecule has 4 amide bonds. The van der Waals surface area contributed by atoms with E-state index in [2.05, 4.69) is 6.58 Å². The molecule has 4 atom stereocenters. The summed E-state index contributed by atoms with van der Waals surface area (Å²) in [6.45, 7) is 4.44. The summed E-state index contributed by atoms with van der Waals surface area (Å²) < 4.78 is 16.7. The Morgan fingerprint density at radius 3 is 1.62 bits per heavy atom. The third-order valence-corrected chi connectivity index (χ3v) is 9.28. The van der Waals surface area contributed by atoms with E-state index in [4.69, 9.17) is 14.2 Å². The van der Waals surface area contributed by atoms with Crippen molar-refractivity contribution < 1.29 is 33.4 Å². The molecule has 2 aliphatic rings. The van der Waals surface area contributed by atoms with Crippen LogP contribution in [0.15, 0.2) is 140 Å². The van der Waals surface area contributed by atoms with Crippen LogP contribution >= 0.6 is 0 Å². The van der Waals surface area contributed by atoms with Crippen LogP contribution in [-0.4, -0.2) is 59.1 Å². The van der Waals surface area contributed by atoms with Gasteiger partial charge in [-0.2, -0.15) is 0 Å². The number of imide groups is 2. The molecule has 9 nitrogen and oxygen atoms in total. The van der Waals surface area contributed by atoms with Crippen LogP contribution in [0.5, 0.6) is 5.75 Å². The van der Waals surface area contributed by atoms with Crippen LogP contribution in [0.4, 0.5) is 9.59 Å². The summed E-state index contributed by atoms with van der Waals surface area (Å²) in [5, 5.41) is 0. The van der Waals surface area contributed by atoms with Crippen LogP contribution in [-0.2, 0) is 44.9 Å². The SMILES string of the molecule is C=CC[C@@H](/C=C/[C@H](Cc1ccc(OCc2ccccc2)cc1)C(=O)N1C(=O)OC[C@@H]1Cc1ccccc1)C(=O)N1C(=O)OC[C@@H]1Cc1ccccc1. The highest BCUT2D eigenvalue weighted by Gasteiger charge is 2.42. The largest absolute Gasteiger partial charge is 0.489 e. The fourth-order valence-electron chi connectivity index (χ4n) is 6.55. The van der Waals surface area contributed by atoms with Gasteiger partial charge in [0.15, 0.2) is 0 Å². The van der Waals surface area contributed by atoms with Crippen LogP contribution in [0.2, 0.25) is 0 Å². The molecule has 4 aromatic carbocycles. The van der Waals surface area contributed by atoms with Crippen molar-refractivity contribution in [1.29, 1.82) is 0 Å². The lowest BCUT2D eigenvalue weighted by atomic mass is 9.93. The van der Waals surface area contributed by atoms with Crippen molar-refractivity contribution in [3.05, 3.63) is 162 Å². The fraction of sp³-hybridized carbons (Fsp3) is 0.256. The lowest BCUT2D eigenvalue weighted by Gasteiger charge is -2.25. The summed E-state index contributed by atoms with van der Waals surface area (Å²) in [5.74, 6) is -1.82. The van der Waals surface area contributed by atoms with E-state index >= 15 is 0 Å². The molecule has 4 aromatic rings. The van der Waals surface area contributed by atoms with Crippen LogP contribution in [0, 0.1) is 11.8 Å². The number of nitrogens with zero attached hydrogens (tertiary/aromatic N) is 2. The monoisotopic (exact) mass is 698 g/mol. The first-order chi connectivity index (χ1) is 25.4. The summed E-state index contributed by atoms with van der Waals surface area (Å²) in [6.07, 6.45) is 4.92.